The van der Waals surface area contributed by atoms with E-state index in [1.54, 1.807) is 0 Å². The average molecular weight is 212 g/mol. The molecule has 84 valence electrons. The molecule has 0 N–H and O–H groups in total. The maximum absolute atomic E-state index is 12.7. The van der Waals surface area contributed by atoms with Gasteiger partial charge in [-0.2, -0.15) is 8.78 Å². The summed E-state index contributed by atoms with van der Waals surface area (Å²) < 4.78 is 38.2. The normalized spacial score (nSPS) is 11.4. The predicted molar refractivity (Wildman–Crippen MR) is 44.0 cm³/mol. The Kier molecular flexibility index (Phi) is 6.31. The summed E-state index contributed by atoms with van der Waals surface area (Å²) in [6, 6.07) is 0. The van der Waals surface area contributed by atoms with E-state index in [9.17, 15) is 13.6 Å². The molecule has 0 radical (unpaired) electrons. The molecule has 0 saturated heterocycles. The van der Waals surface area contributed by atoms with Crippen molar-refractivity contribution in [2.24, 2.45) is 0 Å². The summed E-state index contributed by atoms with van der Waals surface area (Å²) in [4.78, 5) is 10.6. The van der Waals surface area contributed by atoms with Crippen LogP contribution < -0.4 is 0 Å². The van der Waals surface area contributed by atoms with Crippen LogP contribution in [0, 0.1) is 0 Å². The Hall–Kier alpha value is -0.750. The maximum atomic E-state index is 12.7. The van der Waals surface area contributed by atoms with Crippen molar-refractivity contribution >= 4 is 5.97 Å². The fraction of sp³-hybridized carbons (Fsp3) is 0.875. The van der Waals surface area contributed by atoms with Gasteiger partial charge in [-0.15, -0.1) is 0 Å². The van der Waals surface area contributed by atoms with E-state index >= 15 is 0 Å². The Morgan fingerprint density at radius 1 is 1.36 bits per heavy atom. The first-order valence-electron chi connectivity index (χ1n) is 4.22. The Balaban J connectivity index is 3.76. The summed E-state index contributed by atoms with van der Waals surface area (Å²) >= 11 is 0. The number of alkyl halides is 2. The van der Waals surface area contributed by atoms with E-state index in [-0.39, 0.29) is 13.2 Å². The van der Waals surface area contributed by atoms with Crippen LogP contribution in [0.15, 0.2) is 0 Å². The van der Waals surface area contributed by atoms with Crippen molar-refractivity contribution in [3.05, 3.63) is 0 Å². The first-order valence-corrected chi connectivity index (χ1v) is 4.22. The van der Waals surface area contributed by atoms with Gasteiger partial charge in [-0.05, 0) is 13.3 Å². The van der Waals surface area contributed by atoms with Gasteiger partial charge < -0.3 is 14.2 Å². The molecular weight excluding hydrogens is 198 g/mol. The predicted octanol–water partition coefficient (Wildman–Crippen LogP) is 1.20. The van der Waals surface area contributed by atoms with E-state index in [0.29, 0.717) is 13.0 Å². The van der Waals surface area contributed by atoms with Gasteiger partial charge in [0, 0.05) is 13.7 Å². The zero-order valence-electron chi connectivity index (χ0n) is 8.22. The Morgan fingerprint density at radius 3 is 2.50 bits per heavy atom. The minimum Gasteiger partial charge on any atom is -0.460 e. The van der Waals surface area contributed by atoms with E-state index in [4.69, 9.17) is 0 Å². The third-order valence-corrected chi connectivity index (χ3v) is 1.29. The Morgan fingerprint density at radius 2 is 2.00 bits per heavy atom. The second-order valence-electron chi connectivity index (χ2n) is 2.43. The highest BCUT2D eigenvalue weighted by atomic mass is 19.3. The van der Waals surface area contributed by atoms with E-state index in [2.05, 4.69) is 14.2 Å². The van der Waals surface area contributed by atoms with Crippen molar-refractivity contribution in [3.63, 3.8) is 0 Å². The minimum absolute atomic E-state index is 0.101. The molecule has 0 aromatic carbocycles. The topological polar surface area (TPSA) is 44.8 Å². The number of rotatable bonds is 7. The maximum Gasteiger partial charge on any atom is 0.456 e. The molecule has 0 atom stereocenters. The van der Waals surface area contributed by atoms with Gasteiger partial charge in [-0.3, -0.25) is 0 Å². The molecule has 4 nitrogen and oxygen atoms in total. The molecule has 0 fully saturated rings. The van der Waals surface area contributed by atoms with Crippen LogP contribution in [0.1, 0.15) is 13.3 Å². The molecule has 0 unspecified atom stereocenters. The number of ether oxygens (including phenoxy) is 3. The van der Waals surface area contributed by atoms with Gasteiger partial charge in [-0.1, -0.05) is 0 Å². The summed E-state index contributed by atoms with van der Waals surface area (Å²) in [6.07, 6.45) is -3.56. The molecule has 0 rings (SSSR count). The fourth-order valence-corrected chi connectivity index (χ4v) is 0.678. The van der Waals surface area contributed by atoms with Gasteiger partial charge in [-0.25, -0.2) is 4.79 Å². The Bertz CT molecular complexity index is 173. The van der Waals surface area contributed by atoms with Crippen molar-refractivity contribution in [1.29, 1.82) is 0 Å². The molecule has 0 aliphatic rings. The monoisotopic (exact) mass is 212 g/mol. The number of halogens is 2. The molecule has 0 heterocycles. The third-order valence-electron chi connectivity index (χ3n) is 1.29. The van der Waals surface area contributed by atoms with Gasteiger partial charge in [0.25, 0.3) is 0 Å². The lowest BCUT2D eigenvalue weighted by Gasteiger charge is -2.14. The van der Waals surface area contributed by atoms with E-state index in [1.165, 1.54) is 14.0 Å². The fourth-order valence-electron chi connectivity index (χ4n) is 0.678. The van der Waals surface area contributed by atoms with Crippen LogP contribution in [0.3, 0.4) is 0 Å². The highest BCUT2D eigenvalue weighted by Crippen LogP contribution is 2.17. The molecule has 0 aliphatic carbocycles. The number of carbonyl (C=O) groups excluding carboxylic acids is 1. The summed E-state index contributed by atoms with van der Waals surface area (Å²) in [6.45, 7) is 1.40. The second-order valence-corrected chi connectivity index (χ2v) is 2.43. The molecule has 0 aromatic heterocycles. The van der Waals surface area contributed by atoms with Gasteiger partial charge in [0.05, 0.1) is 13.2 Å². The zero-order chi connectivity index (χ0) is 11.0. The van der Waals surface area contributed by atoms with Crippen molar-refractivity contribution in [2.45, 2.75) is 19.5 Å². The quantitative estimate of drug-likeness (QED) is 0.469. The van der Waals surface area contributed by atoms with Crippen LogP contribution in [0.5, 0.6) is 0 Å². The SMILES string of the molecule is CCOC(=O)C(F)(F)OCCCOC. The Labute approximate surface area is 81.1 Å². The van der Waals surface area contributed by atoms with Crippen LogP contribution in [0.25, 0.3) is 0 Å². The molecule has 0 spiro atoms. The number of hydrogen-bond acceptors (Lipinski definition) is 4. The van der Waals surface area contributed by atoms with Crippen LogP contribution in [-0.2, 0) is 19.0 Å². The summed E-state index contributed by atoms with van der Waals surface area (Å²) in [5.41, 5.74) is 0. The van der Waals surface area contributed by atoms with Crippen LogP contribution in [-0.4, -0.2) is 39.0 Å². The van der Waals surface area contributed by atoms with Crippen LogP contribution >= 0.6 is 0 Å². The zero-order valence-corrected chi connectivity index (χ0v) is 8.22. The molecule has 0 amide bonds. The van der Waals surface area contributed by atoms with E-state index in [0.717, 1.165) is 0 Å². The average Bonchev–Trinajstić information content (AvgIpc) is 2.13. The number of hydrogen-bond donors (Lipinski definition) is 0. The van der Waals surface area contributed by atoms with E-state index in [1.807, 2.05) is 0 Å². The van der Waals surface area contributed by atoms with Crippen molar-refractivity contribution in [3.8, 4) is 0 Å². The van der Waals surface area contributed by atoms with E-state index < -0.39 is 12.1 Å². The smallest absolute Gasteiger partial charge is 0.456 e. The second kappa shape index (κ2) is 6.67. The summed E-state index contributed by atoms with van der Waals surface area (Å²) in [7, 11) is 1.45. The number of methoxy groups -OCH3 is 1. The number of esters is 1. The lowest BCUT2D eigenvalue weighted by atomic mass is 10.5. The van der Waals surface area contributed by atoms with Gasteiger partial charge >= 0.3 is 12.1 Å². The molecule has 0 bridgehead atoms. The largest absolute Gasteiger partial charge is 0.460 e. The first-order chi connectivity index (χ1) is 6.54. The van der Waals surface area contributed by atoms with Crippen molar-refractivity contribution < 1.29 is 27.8 Å². The lowest BCUT2D eigenvalue weighted by molar-refractivity contribution is -0.250. The molecule has 0 saturated carbocycles. The highest BCUT2D eigenvalue weighted by Gasteiger charge is 2.42. The van der Waals surface area contributed by atoms with Gasteiger partial charge in [0.2, 0.25) is 0 Å². The molecule has 6 heteroatoms. The van der Waals surface area contributed by atoms with Gasteiger partial charge in [0.1, 0.15) is 0 Å². The lowest BCUT2D eigenvalue weighted by Crippen LogP contribution is -2.34. The third kappa shape index (κ3) is 5.08. The first kappa shape index (κ1) is 13.2. The summed E-state index contributed by atoms with van der Waals surface area (Å²) in [5, 5.41) is 0. The molecule has 14 heavy (non-hydrogen) atoms. The van der Waals surface area contributed by atoms with Crippen molar-refractivity contribution in [2.75, 3.05) is 26.9 Å². The minimum atomic E-state index is -3.86. The number of carbonyl (C=O) groups is 1. The highest BCUT2D eigenvalue weighted by molar-refractivity contribution is 5.75. The summed E-state index contributed by atoms with van der Waals surface area (Å²) in [5.74, 6) is -1.66. The van der Waals surface area contributed by atoms with Crippen LogP contribution in [0.2, 0.25) is 0 Å². The molecule has 0 aliphatic heterocycles. The van der Waals surface area contributed by atoms with Gasteiger partial charge in [0.15, 0.2) is 0 Å². The van der Waals surface area contributed by atoms with Crippen molar-refractivity contribution in [1.82, 2.24) is 0 Å². The molecule has 0 aromatic rings. The molecular formula is C8H14F2O4. The standard InChI is InChI=1S/C8H14F2O4/c1-3-13-7(11)8(9,10)14-6-4-5-12-2/h3-6H2,1-2H3. The van der Waals surface area contributed by atoms with Crippen LogP contribution in [0.4, 0.5) is 8.78 Å².